The van der Waals surface area contributed by atoms with Crippen molar-refractivity contribution in [2.45, 2.75) is 26.6 Å². The van der Waals surface area contributed by atoms with E-state index in [1.807, 2.05) is 16.0 Å². The fourth-order valence-corrected chi connectivity index (χ4v) is 4.78. The van der Waals surface area contributed by atoms with Gasteiger partial charge in [0, 0.05) is 31.6 Å². The maximum Gasteiger partial charge on any atom is 0.240 e. The molecular formula is C24H27N3O2S2. The van der Waals surface area contributed by atoms with Crippen LogP contribution in [0.5, 0.6) is 0 Å². The highest BCUT2D eigenvalue weighted by Gasteiger charge is 2.14. The van der Waals surface area contributed by atoms with Gasteiger partial charge in [-0.25, -0.2) is 0 Å². The van der Waals surface area contributed by atoms with Crippen molar-refractivity contribution in [3.8, 4) is 11.3 Å². The van der Waals surface area contributed by atoms with Crippen LogP contribution >= 0.6 is 23.6 Å². The van der Waals surface area contributed by atoms with E-state index in [9.17, 15) is 4.79 Å². The molecule has 0 atom stereocenters. The average molecular weight is 454 g/mol. The van der Waals surface area contributed by atoms with Crippen molar-refractivity contribution in [1.29, 1.82) is 0 Å². The van der Waals surface area contributed by atoms with Crippen molar-refractivity contribution in [2.24, 2.45) is 0 Å². The van der Waals surface area contributed by atoms with Crippen LogP contribution in [-0.4, -0.2) is 41.7 Å². The van der Waals surface area contributed by atoms with Gasteiger partial charge in [-0.1, -0.05) is 54.1 Å². The smallest absolute Gasteiger partial charge is 0.240 e. The van der Waals surface area contributed by atoms with Crippen molar-refractivity contribution < 1.29 is 9.53 Å². The number of aryl methyl sites for hydroxylation is 1. The number of benzene rings is 2. The number of hydrogen-bond donors (Lipinski definition) is 1. The minimum Gasteiger partial charge on any atom is -0.379 e. The number of nitrogens with zero attached hydrogens (tertiary/aromatic N) is 2. The number of hydrogen-bond acceptors (Lipinski definition) is 5. The number of amides is 1. The molecule has 1 aliphatic heterocycles. The van der Waals surface area contributed by atoms with Crippen LogP contribution < -0.4 is 5.32 Å². The van der Waals surface area contributed by atoms with Crippen molar-refractivity contribution in [1.82, 2.24) is 14.8 Å². The normalized spacial score (nSPS) is 14.5. The minimum absolute atomic E-state index is 0.0379. The van der Waals surface area contributed by atoms with E-state index in [0.717, 1.165) is 49.7 Å². The molecule has 2 heterocycles. The molecule has 0 unspecified atom stereocenters. The van der Waals surface area contributed by atoms with Gasteiger partial charge in [-0.05, 0) is 35.8 Å². The lowest BCUT2D eigenvalue weighted by atomic mass is 10.1. The fraction of sp³-hybridized carbons (Fsp3) is 0.333. The summed E-state index contributed by atoms with van der Waals surface area (Å²) in [5.74, 6) is -0.0379. The number of ether oxygens (including phenoxy) is 1. The summed E-state index contributed by atoms with van der Waals surface area (Å²) in [7, 11) is 0. The maximum atomic E-state index is 12.8. The summed E-state index contributed by atoms with van der Waals surface area (Å²) in [4.78, 5) is 15.2. The number of aromatic nitrogens is 1. The van der Waals surface area contributed by atoms with Crippen LogP contribution in [0.25, 0.3) is 11.3 Å². The van der Waals surface area contributed by atoms with Gasteiger partial charge in [-0.3, -0.25) is 9.69 Å². The van der Waals surface area contributed by atoms with Crippen LogP contribution in [0.4, 0.5) is 0 Å². The van der Waals surface area contributed by atoms with E-state index in [2.05, 4.69) is 59.6 Å². The zero-order valence-electron chi connectivity index (χ0n) is 17.7. The first kappa shape index (κ1) is 21.9. The second-order valence-corrected chi connectivity index (χ2v) is 9.28. The summed E-state index contributed by atoms with van der Waals surface area (Å²) in [5, 5.41) is 5.11. The van der Waals surface area contributed by atoms with Gasteiger partial charge in [0.05, 0.1) is 18.9 Å². The van der Waals surface area contributed by atoms with Crippen LogP contribution in [0.3, 0.4) is 0 Å². The van der Waals surface area contributed by atoms with E-state index in [1.54, 1.807) is 0 Å². The number of carbonyl (C=O) groups excluding carboxylic acids is 1. The summed E-state index contributed by atoms with van der Waals surface area (Å²) in [6.45, 7) is 7.12. The molecule has 1 aromatic heterocycles. The molecule has 4 rings (SSSR count). The summed E-state index contributed by atoms with van der Waals surface area (Å²) in [6, 6.07) is 16.6. The molecule has 0 bridgehead atoms. The van der Waals surface area contributed by atoms with Crippen molar-refractivity contribution >= 4 is 29.5 Å². The molecule has 1 N–H and O–H groups in total. The summed E-state index contributed by atoms with van der Waals surface area (Å²) in [5.41, 5.74) is 5.66. The highest BCUT2D eigenvalue weighted by Crippen LogP contribution is 2.24. The lowest BCUT2D eigenvalue weighted by Gasteiger charge is -2.27. The van der Waals surface area contributed by atoms with Crippen LogP contribution in [0, 0.1) is 10.9 Å². The standard InChI is InChI=1S/C24H27N3O2S2/c1-18-6-8-19(9-7-18)22-17-31-24(30)27(22)16-23(28)25-14-20-4-2-3-5-21(20)15-26-10-12-29-13-11-26/h2-9,17H,10-16H2,1H3,(H,25,28). The largest absolute Gasteiger partial charge is 0.379 e. The molecule has 0 spiro atoms. The molecule has 1 saturated heterocycles. The third-order valence-corrected chi connectivity index (χ3v) is 6.80. The van der Waals surface area contributed by atoms with Gasteiger partial charge in [-0.2, -0.15) is 0 Å². The van der Waals surface area contributed by atoms with E-state index in [1.165, 1.54) is 22.5 Å². The average Bonchev–Trinajstić information content (AvgIpc) is 3.14. The Morgan fingerprint density at radius 2 is 1.81 bits per heavy atom. The lowest BCUT2D eigenvalue weighted by molar-refractivity contribution is -0.121. The lowest BCUT2D eigenvalue weighted by Crippen LogP contribution is -2.36. The van der Waals surface area contributed by atoms with Crippen LogP contribution in [0.15, 0.2) is 53.9 Å². The number of rotatable bonds is 7. The minimum atomic E-state index is -0.0379. The first-order chi connectivity index (χ1) is 15.1. The van der Waals surface area contributed by atoms with Crippen LogP contribution in [0.1, 0.15) is 16.7 Å². The summed E-state index contributed by atoms with van der Waals surface area (Å²) in [6.07, 6.45) is 0. The maximum absolute atomic E-state index is 12.8. The van der Waals surface area contributed by atoms with E-state index in [4.69, 9.17) is 17.0 Å². The quantitative estimate of drug-likeness (QED) is 0.539. The van der Waals surface area contributed by atoms with Crippen molar-refractivity contribution in [2.75, 3.05) is 26.3 Å². The van der Waals surface area contributed by atoms with E-state index >= 15 is 0 Å². The molecule has 0 aliphatic carbocycles. The Balaban J connectivity index is 1.41. The number of carbonyl (C=O) groups is 1. The molecule has 162 valence electrons. The highest BCUT2D eigenvalue weighted by molar-refractivity contribution is 7.73. The molecule has 0 radical (unpaired) electrons. The Kier molecular flexibility index (Phi) is 7.29. The monoisotopic (exact) mass is 453 g/mol. The van der Waals surface area contributed by atoms with E-state index in [0.29, 0.717) is 10.5 Å². The van der Waals surface area contributed by atoms with Crippen molar-refractivity contribution in [3.63, 3.8) is 0 Å². The zero-order chi connectivity index (χ0) is 21.6. The van der Waals surface area contributed by atoms with Gasteiger partial charge >= 0.3 is 0 Å². The van der Waals surface area contributed by atoms with Gasteiger partial charge in [0.15, 0.2) is 3.95 Å². The van der Waals surface area contributed by atoms with Crippen LogP contribution in [0.2, 0.25) is 0 Å². The van der Waals surface area contributed by atoms with Crippen molar-refractivity contribution in [3.05, 3.63) is 74.6 Å². The molecule has 5 nitrogen and oxygen atoms in total. The van der Waals surface area contributed by atoms with E-state index in [-0.39, 0.29) is 12.5 Å². The Labute approximate surface area is 192 Å². The molecule has 2 aromatic carbocycles. The topological polar surface area (TPSA) is 46.5 Å². The number of thiazole rings is 1. The molecule has 1 fully saturated rings. The van der Waals surface area contributed by atoms with Gasteiger partial charge in [0.1, 0.15) is 6.54 Å². The SMILES string of the molecule is Cc1ccc(-c2csc(=S)n2CC(=O)NCc2ccccc2CN2CCOCC2)cc1. The van der Waals surface area contributed by atoms with Gasteiger partial charge < -0.3 is 14.6 Å². The molecule has 1 amide bonds. The Morgan fingerprint density at radius 3 is 2.55 bits per heavy atom. The third kappa shape index (κ3) is 5.68. The fourth-order valence-electron chi connectivity index (χ4n) is 3.71. The predicted octanol–water partition coefficient (Wildman–Crippen LogP) is 4.40. The molecule has 1 aliphatic rings. The third-order valence-electron chi connectivity index (χ3n) is 5.52. The first-order valence-electron chi connectivity index (χ1n) is 10.5. The summed E-state index contributed by atoms with van der Waals surface area (Å²) < 4.78 is 8.07. The Hall–Kier alpha value is -2.32. The summed E-state index contributed by atoms with van der Waals surface area (Å²) >= 11 is 6.98. The predicted molar refractivity (Wildman–Crippen MR) is 128 cm³/mol. The first-order valence-corrected chi connectivity index (χ1v) is 11.8. The van der Waals surface area contributed by atoms with Gasteiger partial charge in [0.2, 0.25) is 5.91 Å². The second-order valence-electron chi connectivity index (χ2n) is 7.77. The Morgan fingerprint density at radius 1 is 1.10 bits per heavy atom. The molecule has 7 heteroatoms. The molecule has 3 aromatic rings. The molecule has 31 heavy (non-hydrogen) atoms. The number of nitrogens with one attached hydrogen (secondary N) is 1. The Bertz CT molecular complexity index is 1080. The molecular weight excluding hydrogens is 426 g/mol. The van der Waals surface area contributed by atoms with Gasteiger partial charge in [0.25, 0.3) is 0 Å². The second kappa shape index (κ2) is 10.3. The number of morpholine rings is 1. The van der Waals surface area contributed by atoms with E-state index < -0.39 is 0 Å². The van der Waals surface area contributed by atoms with Gasteiger partial charge in [-0.15, -0.1) is 11.3 Å². The van der Waals surface area contributed by atoms with Crippen LogP contribution in [-0.2, 0) is 29.2 Å². The zero-order valence-corrected chi connectivity index (χ0v) is 19.3. The highest BCUT2D eigenvalue weighted by atomic mass is 32.1. The molecule has 0 saturated carbocycles.